The van der Waals surface area contributed by atoms with Crippen molar-refractivity contribution in [1.29, 1.82) is 0 Å². The fraction of sp³-hybridized carbons (Fsp3) is 0.579. The molecule has 25 heavy (non-hydrogen) atoms. The highest BCUT2D eigenvalue weighted by Crippen LogP contribution is 2.11. The van der Waals surface area contributed by atoms with Gasteiger partial charge in [0.2, 0.25) is 5.91 Å². The van der Waals surface area contributed by atoms with Gasteiger partial charge in [-0.2, -0.15) is 0 Å². The molecule has 1 rings (SSSR count). The molecule has 0 unspecified atom stereocenters. The van der Waals surface area contributed by atoms with E-state index < -0.39 is 0 Å². The second-order valence-electron chi connectivity index (χ2n) is 6.65. The standard InChI is InChI=1S/C19H32N4O.HI/c1-6-20-19(21-12-11-14(2)3)22-13-16-7-9-17(10-8-16)23-18(24)15(4)5;/h7-10,14-15H,6,11-13H2,1-5H3,(H,23,24)(H2,20,21,22);1H. The Morgan fingerprint density at radius 2 is 1.72 bits per heavy atom. The van der Waals surface area contributed by atoms with E-state index in [0.29, 0.717) is 12.5 Å². The number of benzene rings is 1. The van der Waals surface area contributed by atoms with Gasteiger partial charge < -0.3 is 16.0 Å². The molecule has 1 aromatic carbocycles. The van der Waals surface area contributed by atoms with E-state index in [4.69, 9.17) is 0 Å². The van der Waals surface area contributed by atoms with Gasteiger partial charge >= 0.3 is 0 Å². The van der Waals surface area contributed by atoms with Gasteiger partial charge in [-0.25, -0.2) is 4.99 Å². The zero-order chi connectivity index (χ0) is 17.9. The zero-order valence-corrected chi connectivity index (χ0v) is 18.4. The number of guanidine groups is 1. The monoisotopic (exact) mass is 460 g/mol. The van der Waals surface area contributed by atoms with Crippen LogP contribution < -0.4 is 16.0 Å². The number of halogens is 1. The number of amides is 1. The van der Waals surface area contributed by atoms with Crippen molar-refractivity contribution in [3.8, 4) is 0 Å². The van der Waals surface area contributed by atoms with Crippen LogP contribution in [0.4, 0.5) is 5.69 Å². The summed E-state index contributed by atoms with van der Waals surface area (Å²) >= 11 is 0. The van der Waals surface area contributed by atoms with Gasteiger partial charge in [-0.3, -0.25) is 4.79 Å². The fourth-order valence-corrected chi connectivity index (χ4v) is 1.97. The molecule has 0 aliphatic carbocycles. The highest BCUT2D eigenvalue weighted by molar-refractivity contribution is 14.0. The first-order valence-corrected chi connectivity index (χ1v) is 8.84. The van der Waals surface area contributed by atoms with E-state index in [-0.39, 0.29) is 35.8 Å². The Hall–Kier alpha value is -1.31. The van der Waals surface area contributed by atoms with Crippen molar-refractivity contribution in [3.05, 3.63) is 29.8 Å². The summed E-state index contributed by atoms with van der Waals surface area (Å²) < 4.78 is 0. The van der Waals surface area contributed by atoms with Gasteiger partial charge in [-0.15, -0.1) is 24.0 Å². The summed E-state index contributed by atoms with van der Waals surface area (Å²) in [6.45, 7) is 12.6. The molecule has 5 nitrogen and oxygen atoms in total. The molecular weight excluding hydrogens is 427 g/mol. The molecule has 1 amide bonds. The van der Waals surface area contributed by atoms with Gasteiger partial charge in [0.05, 0.1) is 6.54 Å². The van der Waals surface area contributed by atoms with E-state index in [1.807, 2.05) is 38.1 Å². The molecule has 0 aliphatic rings. The molecule has 1 aromatic rings. The summed E-state index contributed by atoms with van der Waals surface area (Å²) in [7, 11) is 0. The minimum Gasteiger partial charge on any atom is -0.357 e. The Kier molecular flexibility index (Phi) is 12.3. The molecule has 0 fully saturated rings. The maximum Gasteiger partial charge on any atom is 0.226 e. The average molecular weight is 460 g/mol. The van der Waals surface area contributed by atoms with Crippen LogP contribution in [0.25, 0.3) is 0 Å². The Bertz CT molecular complexity index is 527. The molecule has 142 valence electrons. The number of nitrogens with one attached hydrogen (secondary N) is 3. The maximum absolute atomic E-state index is 11.7. The lowest BCUT2D eigenvalue weighted by Gasteiger charge is -2.12. The third kappa shape index (κ3) is 10.3. The van der Waals surface area contributed by atoms with E-state index >= 15 is 0 Å². The molecular formula is C19H33IN4O. The molecule has 0 atom stereocenters. The van der Waals surface area contributed by atoms with Crippen LogP contribution in [0.1, 0.15) is 46.6 Å². The lowest BCUT2D eigenvalue weighted by molar-refractivity contribution is -0.118. The second kappa shape index (κ2) is 13.0. The number of rotatable bonds is 8. The molecule has 0 heterocycles. The number of carbonyl (C=O) groups excluding carboxylic acids is 1. The minimum atomic E-state index is -0.0196. The quantitative estimate of drug-likeness (QED) is 0.312. The molecule has 0 aliphatic heterocycles. The Balaban J connectivity index is 0.00000576. The number of nitrogens with zero attached hydrogens (tertiary/aromatic N) is 1. The SMILES string of the molecule is CCNC(=NCc1ccc(NC(=O)C(C)C)cc1)NCCC(C)C.I. The van der Waals surface area contributed by atoms with Gasteiger partial charge in [-0.05, 0) is 37.0 Å². The van der Waals surface area contributed by atoms with Crippen molar-refractivity contribution in [2.45, 2.75) is 47.6 Å². The van der Waals surface area contributed by atoms with Crippen molar-refractivity contribution < 1.29 is 4.79 Å². The topological polar surface area (TPSA) is 65.5 Å². The number of anilines is 1. The molecule has 6 heteroatoms. The molecule has 3 N–H and O–H groups in total. The van der Waals surface area contributed by atoms with Crippen LogP contribution in [-0.4, -0.2) is 25.0 Å². The first-order chi connectivity index (χ1) is 11.4. The molecule has 0 radical (unpaired) electrons. The first-order valence-electron chi connectivity index (χ1n) is 8.84. The largest absolute Gasteiger partial charge is 0.357 e. The van der Waals surface area contributed by atoms with Crippen LogP contribution in [0.2, 0.25) is 0 Å². The first kappa shape index (κ1) is 23.7. The third-order valence-electron chi connectivity index (χ3n) is 3.52. The molecule has 0 spiro atoms. The summed E-state index contributed by atoms with van der Waals surface area (Å²) in [6.07, 6.45) is 1.12. The lowest BCUT2D eigenvalue weighted by Crippen LogP contribution is -2.38. The summed E-state index contributed by atoms with van der Waals surface area (Å²) in [5.74, 6) is 1.53. The molecule has 0 saturated carbocycles. The second-order valence-corrected chi connectivity index (χ2v) is 6.65. The Morgan fingerprint density at radius 1 is 1.08 bits per heavy atom. The van der Waals surface area contributed by atoms with Gasteiger partial charge in [0.25, 0.3) is 0 Å². The van der Waals surface area contributed by atoms with Gasteiger partial charge in [0, 0.05) is 24.7 Å². The summed E-state index contributed by atoms with van der Waals surface area (Å²) in [5, 5.41) is 9.51. The number of hydrogen-bond donors (Lipinski definition) is 3. The molecule has 0 aromatic heterocycles. The van der Waals surface area contributed by atoms with Crippen molar-refractivity contribution in [2.24, 2.45) is 16.8 Å². The molecule has 0 bridgehead atoms. The minimum absolute atomic E-state index is 0. The number of hydrogen-bond acceptors (Lipinski definition) is 2. The van der Waals surface area contributed by atoms with Crippen LogP contribution in [0.5, 0.6) is 0 Å². The number of aliphatic imine (C=N–C) groups is 1. The summed E-state index contributed by atoms with van der Waals surface area (Å²) in [5.41, 5.74) is 1.93. The van der Waals surface area contributed by atoms with E-state index in [9.17, 15) is 4.79 Å². The normalized spacial score (nSPS) is 11.2. The highest BCUT2D eigenvalue weighted by Gasteiger charge is 2.06. The summed E-state index contributed by atoms with van der Waals surface area (Å²) in [4.78, 5) is 16.3. The summed E-state index contributed by atoms with van der Waals surface area (Å²) in [6, 6.07) is 7.84. The van der Waals surface area contributed by atoms with Gasteiger partial charge in [-0.1, -0.05) is 39.8 Å². The van der Waals surface area contributed by atoms with Crippen LogP contribution in [-0.2, 0) is 11.3 Å². The van der Waals surface area contributed by atoms with Crippen LogP contribution in [0, 0.1) is 11.8 Å². The van der Waals surface area contributed by atoms with E-state index in [1.54, 1.807) is 0 Å². The van der Waals surface area contributed by atoms with Crippen molar-refractivity contribution in [2.75, 3.05) is 18.4 Å². The predicted molar refractivity (Wildman–Crippen MR) is 118 cm³/mol. The zero-order valence-electron chi connectivity index (χ0n) is 16.1. The number of carbonyl (C=O) groups is 1. The van der Waals surface area contributed by atoms with Crippen molar-refractivity contribution >= 4 is 41.5 Å². The van der Waals surface area contributed by atoms with Gasteiger partial charge in [0.15, 0.2) is 5.96 Å². The smallest absolute Gasteiger partial charge is 0.226 e. The van der Waals surface area contributed by atoms with Crippen molar-refractivity contribution in [3.63, 3.8) is 0 Å². The highest BCUT2D eigenvalue weighted by atomic mass is 127. The van der Waals surface area contributed by atoms with E-state index in [2.05, 4.69) is 41.7 Å². The Labute approximate surface area is 169 Å². The lowest BCUT2D eigenvalue weighted by atomic mass is 10.1. The van der Waals surface area contributed by atoms with Crippen LogP contribution in [0.3, 0.4) is 0 Å². The van der Waals surface area contributed by atoms with Crippen molar-refractivity contribution in [1.82, 2.24) is 10.6 Å². The van der Waals surface area contributed by atoms with Crippen LogP contribution >= 0.6 is 24.0 Å². The fourth-order valence-electron chi connectivity index (χ4n) is 1.97. The van der Waals surface area contributed by atoms with E-state index in [0.717, 1.165) is 36.7 Å². The third-order valence-corrected chi connectivity index (χ3v) is 3.52. The van der Waals surface area contributed by atoms with Crippen LogP contribution in [0.15, 0.2) is 29.3 Å². The van der Waals surface area contributed by atoms with E-state index in [1.165, 1.54) is 0 Å². The average Bonchev–Trinajstić information content (AvgIpc) is 2.53. The molecule has 0 saturated heterocycles. The van der Waals surface area contributed by atoms with Gasteiger partial charge in [0.1, 0.15) is 0 Å². The maximum atomic E-state index is 11.7. The predicted octanol–water partition coefficient (Wildman–Crippen LogP) is 4.00. The Morgan fingerprint density at radius 3 is 2.24 bits per heavy atom.